The van der Waals surface area contributed by atoms with E-state index in [4.69, 9.17) is 20.3 Å². The monoisotopic (exact) mass is 330 g/mol. The van der Waals surface area contributed by atoms with Crippen LogP contribution in [0.25, 0.3) is 11.2 Å². The van der Waals surface area contributed by atoms with Crippen LogP contribution < -0.4 is 16.6 Å². The predicted molar refractivity (Wildman–Crippen MR) is 76.3 cm³/mol. The number of fused-ring (bicyclic) bond motifs is 1. The molecule has 1 fully saturated rings. The van der Waals surface area contributed by atoms with Crippen LogP contribution in [-0.4, -0.2) is 54.8 Å². The highest BCUT2D eigenvalue weighted by molar-refractivity contribution is 7.51. The molecule has 0 unspecified atom stereocenters. The Hall–Kier alpha value is -1.78. The van der Waals surface area contributed by atoms with Crippen molar-refractivity contribution in [3.05, 3.63) is 16.7 Å². The third kappa shape index (κ3) is 2.89. The van der Waals surface area contributed by atoms with Crippen LogP contribution in [-0.2, 0) is 9.30 Å². The van der Waals surface area contributed by atoms with E-state index in [2.05, 4.69) is 20.3 Å². The summed E-state index contributed by atoms with van der Waals surface area (Å²) >= 11 is 0. The van der Waals surface area contributed by atoms with Gasteiger partial charge in [-0.15, -0.1) is 0 Å². The van der Waals surface area contributed by atoms with Crippen molar-refractivity contribution in [3.63, 3.8) is 0 Å². The van der Waals surface area contributed by atoms with Crippen LogP contribution in [0.2, 0.25) is 0 Å². The minimum absolute atomic E-state index is 0.0297. The zero-order chi connectivity index (χ0) is 15.9. The molecule has 1 aliphatic heterocycles. The third-order valence-electron chi connectivity index (χ3n) is 3.39. The van der Waals surface area contributed by atoms with Crippen molar-refractivity contribution < 1.29 is 19.1 Å². The lowest BCUT2D eigenvalue weighted by Gasteiger charge is -2.21. The molecule has 0 spiro atoms. The molecular formula is C10H15N6O5P. The Kier molecular flexibility index (Phi) is 3.75. The van der Waals surface area contributed by atoms with Gasteiger partial charge in [0.25, 0.3) is 5.56 Å². The fraction of sp³-hybridized carbons (Fsp3) is 0.500. The van der Waals surface area contributed by atoms with Crippen LogP contribution in [0.4, 0.5) is 5.95 Å². The second-order valence-corrected chi connectivity index (χ2v) is 6.59. The van der Waals surface area contributed by atoms with E-state index in [1.54, 1.807) is 4.57 Å². The van der Waals surface area contributed by atoms with Crippen molar-refractivity contribution >= 4 is 24.7 Å². The Balaban J connectivity index is 1.93. The number of imidazole rings is 1. The molecule has 120 valence electrons. The van der Waals surface area contributed by atoms with E-state index >= 15 is 0 Å². The molecule has 0 aromatic carbocycles. The SMILES string of the molecule is Nc1nc2c(ncn2[C@@H]2CNC[C@H]2OCP(=O)(O)O)c(=O)[nH]1. The Bertz CT molecular complexity index is 797. The number of aromatic amines is 1. The number of nitrogens with zero attached hydrogens (tertiary/aromatic N) is 3. The second kappa shape index (κ2) is 5.45. The molecule has 0 amide bonds. The van der Waals surface area contributed by atoms with Gasteiger partial charge in [-0.05, 0) is 0 Å². The lowest BCUT2D eigenvalue weighted by molar-refractivity contribution is 0.0625. The smallest absolute Gasteiger partial charge is 0.350 e. The van der Waals surface area contributed by atoms with Crippen LogP contribution in [0.15, 0.2) is 11.1 Å². The van der Waals surface area contributed by atoms with Gasteiger partial charge in [-0.3, -0.25) is 14.3 Å². The van der Waals surface area contributed by atoms with Crippen LogP contribution in [0.3, 0.4) is 0 Å². The fourth-order valence-corrected chi connectivity index (χ4v) is 2.85. The zero-order valence-electron chi connectivity index (χ0n) is 11.3. The molecule has 22 heavy (non-hydrogen) atoms. The van der Waals surface area contributed by atoms with E-state index < -0.39 is 25.6 Å². The van der Waals surface area contributed by atoms with Crippen molar-refractivity contribution in [2.75, 3.05) is 25.2 Å². The van der Waals surface area contributed by atoms with Gasteiger partial charge in [0.15, 0.2) is 11.2 Å². The molecule has 0 bridgehead atoms. The summed E-state index contributed by atoms with van der Waals surface area (Å²) in [6.07, 6.45) is 0.295. The average Bonchev–Trinajstić information content (AvgIpc) is 3.00. The Morgan fingerprint density at radius 2 is 2.27 bits per heavy atom. The van der Waals surface area contributed by atoms with E-state index in [1.165, 1.54) is 6.33 Å². The number of nitrogen functional groups attached to an aromatic ring is 1. The number of rotatable bonds is 4. The summed E-state index contributed by atoms with van der Waals surface area (Å²) in [6.45, 7) is 0.911. The standard InChI is InChI=1S/C10H15N6O5P/c11-10-14-8-7(9(17)15-10)13-3-16(8)5-1-12-2-6(5)21-4-22(18,19)20/h3,5-6,12H,1-2,4H2,(H2,18,19,20)(H3,11,14,15,17)/t5-,6-/m1/s1. The van der Waals surface area contributed by atoms with Gasteiger partial charge >= 0.3 is 7.60 Å². The third-order valence-corrected chi connectivity index (χ3v) is 3.88. The Labute approximate surface area is 123 Å². The summed E-state index contributed by atoms with van der Waals surface area (Å²) in [5, 5.41) is 3.07. The molecule has 3 rings (SSSR count). The molecular weight excluding hydrogens is 315 g/mol. The van der Waals surface area contributed by atoms with Gasteiger partial charge in [-0.1, -0.05) is 0 Å². The molecule has 6 N–H and O–H groups in total. The Morgan fingerprint density at radius 1 is 1.50 bits per heavy atom. The highest BCUT2D eigenvalue weighted by atomic mass is 31.2. The number of nitrogens with two attached hydrogens (primary N) is 1. The first-order chi connectivity index (χ1) is 10.3. The molecule has 0 radical (unpaired) electrons. The number of aromatic nitrogens is 4. The van der Waals surface area contributed by atoms with Gasteiger partial charge in [-0.25, -0.2) is 4.98 Å². The summed E-state index contributed by atoms with van der Waals surface area (Å²) < 4.78 is 17.9. The number of H-pyrrole nitrogens is 1. The van der Waals surface area contributed by atoms with E-state index in [0.29, 0.717) is 18.7 Å². The summed E-state index contributed by atoms with van der Waals surface area (Å²) in [5.41, 5.74) is 5.55. The van der Waals surface area contributed by atoms with Gasteiger partial charge in [0.05, 0.1) is 18.5 Å². The van der Waals surface area contributed by atoms with E-state index in [-0.39, 0.29) is 17.5 Å². The minimum atomic E-state index is -4.25. The summed E-state index contributed by atoms with van der Waals surface area (Å²) in [6, 6.07) is -0.301. The van der Waals surface area contributed by atoms with E-state index in [1.807, 2.05) is 0 Å². The lowest BCUT2D eigenvalue weighted by Crippen LogP contribution is -2.26. The first-order valence-corrected chi connectivity index (χ1v) is 8.24. The summed E-state index contributed by atoms with van der Waals surface area (Å²) in [5.74, 6) is -0.0297. The van der Waals surface area contributed by atoms with Crippen LogP contribution in [0.1, 0.15) is 6.04 Å². The largest absolute Gasteiger partial charge is 0.369 e. The summed E-state index contributed by atoms with van der Waals surface area (Å²) in [4.78, 5) is 40.0. The highest BCUT2D eigenvalue weighted by Gasteiger charge is 2.32. The van der Waals surface area contributed by atoms with Crippen LogP contribution in [0, 0.1) is 0 Å². The number of anilines is 1. The van der Waals surface area contributed by atoms with E-state index in [0.717, 1.165) is 0 Å². The topological polar surface area (TPSA) is 168 Å². The van der Waals surface area contributed by atoms with E-state index in [9.17, 15) is 9.36 Å². The predicted octanol–water partition coefficient (Wildman–Crippen LogP) is -1.63. The molecule has 2 atom stereocenters. The quantitative estimate of drug-likeness (QED) is 0.413. The molecule has 0 aliphatic carbocycles. The molecule has 0 saturated carbocycles. The number of hydrogen-bond donors (Lipinski definition) is 5. The maximum absolute atomic E-state index is 11.8. The summed E-state index contributed by atoms with van der Waals surface area (Å²) in [7, 11) is -4.25. The fourth-order valence-electron chi connectivity index (χ4n) is 2.47. The Morgan fingerprint density at radius 3 is 3.00 bits per heavy atom. The van der Waals surface area contributed by atoms with Gasteiger partial charge in [0, 0.05) is 13.1 Å². The van der Waals surface area contributed by atoms with Crippen molar-refractivity contribution in [1.29, 1.82) is 0 Å². The van der Waals surface area contributed by atoms with Crippen LogP contribution >= 0.6 is 7.60 Å². The molecule has 1 aliphatic rings. The number of hydrogen-bond acceptors (Lipinski definition) is 7. The molecule has 12 heteroatoms. The molecule has 2 aromatic rings. The van der Waals surface area contributed by atoms with Gasteiger partial charge in [-0.2, -0.15) is 4.98 Å². The highest BCUT2D eigenvalue weighted by Crippen LogP contribution is 2.36. The van der Waals surface area contributed by atoms with Crippen molar-refractivity contribution in [2.45, 2.75) is 12.1 Å². The molecule has 1 saturated heterocycles. The van der Waals surface area contributed by atoms with Gasteiger partial charge in [0.2, 0.25) is 5.95 Å². The van der Waals surface area contributed by atoms with Crippen molar-refractivity contribution in [1.82, 2.24) is 24.8 Å². The first-order valence-electron chi connectivity index (χ1n) is 6.44. The minimum Gasteiger partial charge on any atom is -0.369 e. The van der Waals surface area contributed by atoms with Crippen molar-refractivity contribution in [3.8, 4) is 0 Å². The van der Waals surface area contributed by atoms with Gasteiger partial charge < -0.3 is 30.1 Å². The molecule has 2 aromatic heterocycles. The zero-order valence-corrected chi connectivity index (χ0v) is 12.2. The molecule has 11 nitrogen and oxygen atoms in total. The normalized spacial score (nSPS) is 22.5. The second-order valence-electron chi connectivity index (χ2n) is 5.00. The van der Waals surface area contributed by atoms with Gasteiger partial charge in [0.1, 0.15) is 6.35 Å². The van der Waals surface area contributed by atoms with Crippen LogP contribution in [0.5, 0.6) is 0 Å². The average molecular weight is 330 g/mol. The first kappa shape index (κ1) is 15.1. The number of ether oxygens (including phenoxy) is 1. The maximum atomic E-state index is 11.8. The molecule has 3 heterocycles. The lowest BCUT2D eigenvalue weighted by atomic mass is 10.2. The number of nitrogens with one attached hydrogen (secondary N) is 2. The van der Waals surface area contributed by atoms with Crippen molar-refractivity contribution in [2.24, 2.45) is 0 Å². The maximum Gasteiger partial charge on any atom is 0.350 e.